The lowest BCUT2D eigenvalue weighted by Gasteiger charge is -2.40. The van der Waals surface area contributed by atoms with Gasteiger partial charge in [0.25, 0.3) is 0 Å². The summed E-state index contributed by atoms with van der Waals surface area (Å²) in [5, 5.41) is 0.453. The second kappa shape index (κ2) is 6.70. The van der Waals surface area contributed by atoms with Crippen LogP contribution in [0.5, 0.6) is 0 Å². The molecule has 0 radical (unpaired) electrons. The van der Waals surface area contributed by atoms with Crippen molar-refractivity contribution in [1.29, 1.82) is 0 Å². The molecular weight excluding hydrogens is 278 g/mol. The van der Waals surface area contributed by atoms with Crippen LogP contribution in [0.4, 0.5) is 5.82 Å². The average Bonchev–Trinajstić information content (AvgIpc) is 2.44. The molecule has 6 heteroatoms. The molecule has 1 aliphatic rings. The van der Waals surface area contributed by atoms with Crippen LogP contribution in [0.2, 0.25) is 5.15 Å². The van der Waals surface area contributed by atoms with Crippen LogP contribution in [-0.2, 0) is 16.1 Å². The van der Waals surface area contributed by atoms with Crippen molar-refractivity contribution in [3.05, 3.63) is 17.0 Å². The monoisotopic (exact) mass is 299 g/mol. The summed E-state index contributed by atoms with van der Waals surface area (Å²) in [6.07, 6.45) is 2.14. The van der Waals surface area contributed by atoms with Crippen LogP contribution in [0.3, 0.4) is 0 Å². The van der Waals surface area contributed by atoms with Crippen molar-refractivity contribution in [1.82, 2.24) is 9.97 Å². The Balaban J connectivity index is 2.16. The van der Waals surface area contributed by atoms with E-state index in [1.54, 1.807) is 13.2 Å². The van der Waals surface area contributed by atoms with Gasteiger partial charge in [-0.2, -0.15) is 0 Å². The molecule has 20 heavy (non-hydrogen) atoms. The number of aromatic nitrogens is 2. The average molecular weight is 300 g/mol. The van der Waals surface area contributed by atoms with E-state index in [0.717, 1.165) is 31.7 Å². The first-order chi connectivity index (χ1) is 9.56. The number of rotatable bonds is 5. The number of anilines is 1. The summed E-state index contributed by atoms with van der Waals surface area (Å²) in [5.41, 5.74) is -0.129. The van der Waals surface area contributed by atoms with E-state index in [2.05, 4.69) is 21.8 Å². The number of piperidine rings is 1. The van der Waals surface area contributed by atoms with Gasteiger partial charge in [0.2, 0.25) is 0 Å². The smallest absolute Gasteiger partial charge is 0.158 e. The highest BCUT2D eigenvalue weighted by atomic mass is 35.5. The molecule has 2 rings (SSSR count). The molecule has 0 amide bonds. The molecule has 0 aromatic carbocycles. The molecule has 2 heterocycles. The summed E-state index contributed by atoms with van der Waals surface area (Å²) in [6.45, 7) is 6.87. The molecule has 1 aromatic rings. The van der Waals surface area contributed by atoms with E-state index in [4.69, 9.17) is 21.1 Å². The molecule has 5 nitrogen and oxygen atoms in total. The fourth-order valence-corrected chi connectivity index (χ4v) is 2.63. The fraction of sp³-hybridized carbons (Fsp3) is 0.714. The largest absolute Gasteiger partial charge is 0.377 e. The highest BCUT2D eigenvalue weighted by Crippen LogP contribution is 2.28. The summed E-state index contributed by atoms with van der Waals surface area (Å²) in [4.78, 5) is 10.9. The molecule has 0 saturated carbocycles. The summed E-state index contributed by atoms with van der Waals surface area (Å²) < 4.78 is 11.0. The Kier molecular flexibility index (Phi) is 5.18. The predicted octanol–water partition coefficient (Wildman–Crippen LogP) is 2.67. The number of hydrogen-bond acceptors (Lipinski definition) is 5. The number of ether oxygens (including phenoxy) is 2. The lowest BCUT2D eigenvalue weighted by molar-refractivity contribution is -0.00484. The van der Waals surface area contributed by atoms with Gasteiger partial charge < -0.3 is 14.4 Å². The van der Waals surface area contributed by atoms with Crippen molar-refractivity contribution >= 4 is 17.4 Å². The zero-order valence-electron chi connectivity index (χ0n) is 12.4. The second-order valence-corrected chi connectivity index (χ2v) is 5.67. The van der Waals surface area contributed by atoms with Gasteiger partial charge in [-0.25, -0.2) is 9.97 Å². The van der Waals surface area contributed by atoms with Crippen molar-refractivity contribution in [2.75, 3.05) is 31.7 Å². The van der Waals surface area contributed by atoms with E-state index in [1.807, 2.05) is 6.92 Å². The van der Waals surface area contributed by atoms with Gasteiger partial charge in [0, 0.05) is 32.9 Å². The van der Waals surface area contributed by atoms with E-state index in [9.17, 15) is 0 Å². The van der Waals surface area contributed by atoms with Crippen LogP contribution in [0.1, 0.15) is 32.5 Å². The first-order valence-corrected chi connectivity index (χ1v) is 7.35. The number of nitrogens with zero attached hydrogens (tertiary/aromatic N) is 3. The van der Waals surface area contributed by atoms with Gasteiger partial charge in [0.1, 0.15) is 17.6 Å². The third-order valence-corrected chi connectivity index (χ3v) is 3.83. The highest BCUT2D eigenvalue weighted by molar-refractivity contribution is 6.29. The lowest BCUT2D eigenvalue weighted by atomic mass is 9.95. The fourth-order valence-electron chi connectivity index (χ4n) is 2.44. The van der Waals surface area contributed by atoms with Crippen molar-refractivity contribution in [2.24, 2.45) is 0 Å². The maximum Gasteiger partial charge on any atom is 0.158 e. The standard InChI is InChI=1S/C14H22ClN3O2/c1-4-20-9-12-16-11(15)8-13(17-12)18-7-5-6-14(2,10-18)19-3/h8H,4-7,9-10H2,1-3H3. The Hall–Kier alpha value is -0.910. The zero-order valence-corrected chi connectivity index (χ0v) is 13.1. The van der Waals surface area contributed by atoms with E-state index in [-0.39, 0.29) is 5.60 Å². The normalized spacial score (nSPS) is 23.1. The summed E-state index contributed by atoms with van der Waals surface area (Å²) in [6, 6.07) is 1.80. The Bertz CT molecular complexity index is 458. The Morgan fingerprint density at radius 1 is 1.45 bits per heavy atom. The van der Waals surface area contributed by atoms with Gasteiger partial charge in [-0.05, 0) is 26.7 Å². The van der Waals surface area contributed by atoms with Gasteiger partial charge in [-0.3, -0.25) is 0 Å². The second-order valence-electron chi connectivity index (χ2n) is 5.28. The van der Waals surface area contributed by atoms with Crippen molar-refractivity contribution < 1.29 is 9.47 Å². The summed E-state index contributed by atoms with van der Waals surface area (Å²) >= 11 is 6.09. The molecular formula is C14H22ClN3O2. The molecule has 0 aliphatic carbocycles. The number of halogens is 1. The Labute approximate surface area is 125 Å². The van der Waals surface area contributed by atoms with Crippen LogP contribution >= 0.6 is 11.6 Å². The number of hydrogen-bond donors (Lipinski definition) is 0. The van der Waals surface area contributed by atoms with Crippen LogP contribution < -0.4 is 4.90 Å². The molecule has 1 atom stereocenters. The molecule has 1 fully saturated rings. The van der Waals surface area contributed by atoms with E-state index in [0.29, 0.717) is 24.2 Å². The van der Waals surface area contributed by atoms with E-state index < -0.39 is 0 Å². The number of methoxy groups -OCH3 is 1. The third kappa shape index (κ3) is 3.81. The SMILES string of the molecule is CCOCc1nc(Cl)cc(N2CCCC(C)(OC)C2)n1. The molecule has 1 unspecified atom stereocenters. The molecule has 0 spiro atoms. The maximum absolute atomic E-state index is 6.09. The molecule has 0 N–H and O–H groups in total. The van der Waals surface area contributed by atoms with E-state index >= 15 is 0 Å². The van der Waals surface area contributed by atoms with Crippen molar-refractivity contribution in [3.8, 4) is 0 Å². The predicted molar refractivity (Wildman–Crippen MR) is 79.2 cm³/mol. The minimum absolute atomic E-state index is 0.129. The van der Waals surface area contributed by atoms with Crippen molar-refractivity contribution in [3.63, 3.8) is 0 Å². The van der Waals surface area contributed by atoms with Crippen LogP contribution in [0, 0.1) is 0 Å². The molecule has 112 valence electrons. The lowest BCUT2D eigenvalue weighted by Crippen LogP contribution is -2.47. The first-order valence-electron chi connectivity index (χ1n) is 6.97. The molecule has 1 aliphatic heterocycles. The minimum Gasteiger partial charge on any atom is -0.377 e. The van der Waals surface area contributed by atoms with Gasteiger partial charge in [0.05, 0.1) is 5.60 Å². The first kappa shape index (κ1) is 15.5. The minimum atomic E-state index is -0.129. The summed E-state index contributed by atoms with van der Waals surface area (Å²) in [5.74, 6) is 1.47. The van der Waals surface area contributed by atoms with E-state index in [1.165, 1.54) is 0 Å². The topological polar surface area (TPSA) is 47.5 Å². The van der Waals surface area contributed by atoms with Gasteiger partial charge >= 0.3 is 0 Å². The quantitative estimate of drug-likeness (QED) is 0.782. The van der Waals surface area contributed by atoms with Gasteiger partial charge in [0.15, 0.2) is 5.82 Å². The Morgan fingerprint density at radius 2 is 2.25 bits per heavy atom. The summed E-state index contributed by atoms with van der Waals surface area (Å²) in [7, 11) is 1.76. The zero-order chi connectivity index (χ0) is 14.6. The Morgan fingerprint density at radius 3 is 2.95 bits per heavy atom. The van der Waals surface area contributed by atoms with Gasteiger partial charge in [-0.15, -0.1) is 0 Å². The molecule has 0 bridgehead atoms. The van der Waals surface area contributed by atoms with Crippen molar-refractivity contribution in [2.45, 2.75) is 38.9 Å². The maximum atomic E-state index is 6.09. The third-order valence-electron chi connectivity index (χ3n) is 3.64. The van der Waals surface area contributed by atoms with Crippen LogP contribution in [0.15, 0.2) is 6.07 Å². The van der Waals surface area contributed by atoms with Gasteiger partial charge in [-0.1, -0.05) is 11.6 Å². The van der Waals surface area contributed by atoms with Crippen LogP contribution in [-0.4, -0.2) is 42.4 Å². The molecule has 1 aromatic heterocycles. The highest BCUT2D eigenvalue weighted by Gasteiger charge is 2.31. The molecule has 1 saturated heterocycles. The van der Waals surface area contributed by atoms with Crippen LogP contribution in [0.25, 0.3) is 0 Å².